The average Bonchev–Trinajstić information content (AvgIpc) is 2.76. The first kappa shape index (κ1) is 22.3. The van der Waals surface area contributed by atoms with Crippen molar-refractivity contribution in [3.63, 3.8) is 0 Å². The number of hydrogen-bond acceptors (Lipinski definition) is 3. The molecule has 3 aromatic carbocycles. The van der Waals surface area contributed by atoms with E-state index in [1.165, 1.54) is 0 Å². The van der Waals surface area contributed by atoms with Gasteiger partial charge in [-0.3, -0.25) is 9.59 Å². The van der Waals surface area contributed by atoms with Crippen LogP contribution in [-0.2, 0) is 16.1 Å². The summed E-state index contributed by atoms with van der Waals surface area (Å²) in [6.07, 6.45) is 0. The number of benzene rings is 3. The minimum Gasteiger partial charge on any atom is -0.483 e. The number of fused-ring (bicyclic) bond motifs is 1. The molecule has 0 saturated heterocycles. The summed E-state index contributed by atoms with van der Waals surface area (Å²) in [5.74, 6) is 0.242. The van der Waals surface area contributed by atoms with Crippen molar-refractivity contribution in [3.05, 3.63) is 77.9 Å². The molecular weight excluding hydrogens is 388 g/mol. The molecule has 0 radical (unpaired) electrons. The van der Waals surface area contributed by atoms with Gasteiger partial charge in [0.15, 0.2) is 6.61 Å². The first-order valence-electron chi connectivity index (χ1n) is 10.6. The van der Waals surface area contributed by atoms with Gasteiger partial charge in [0.25, 0.3) is 5.91 Å². The van der Waals surface area contributed by atoms with Crippen molar-refractivity contribution in [2.24, 2.45) is 0 Å². The fourth-order valence-corrected chi connectivity index (χ4v) is 3.50. The standard InChI is InChI=1S/C26H30N2O3/c1-18(2)27-26(30)20(4)28(16-22-12-6-5-10-19(22)3)25(29)17-31-24-15-9-13-21-11-7-8-14-23(21)24/h5-15,18,20H,16-17H2,1-4H3,(H,27,30). The van der Waals surface area contributed by atoms with Crippen LogP contribution in [0.4, 0.5) is 0 Å². The highest BCUT2D eigenvalue weighted by Gasteiger charge is 2.27. The topological polar surface area (TPSA) is 58.6 Å². The molecule has 1 atom stereocenters. The summed E-state index contributed by atoms with van der Waals surface area (Å²) < 4.78 is 5.92. The molecule has 2 amide bonds. The Morgan fingerprint density at radius 3 is 2.35 bits per heavy atom. The van der Waals surface area contributed by atoms with Crippen LogP contribution in [0.25, 0.3) is 10.8 Å². The van der Waals surface area contributed by atoms with Gasteiger partial charge in [0.2, 0.25) is 5.91 Å². The summed E-state index contributed by atoms with van der Waals surface area (Å²) in [5.41, 5.74) is 2.08. The van der Waals surface area contributed by atoms with Crippen LogP contribution in [0.3, 0.4) is 0 Å². The molecule has 0 aromatic heterocycles. The molecule has 162 valence electrons. The molecule has 5 nitrogen and oxygen atoms in total. The Labute approximate surface area is 184 Å². The van der Waals surface area contributed by atoms with E-state index in [0.717, 1.165) is 21.9 Å². The molecule has 1 unspecified atom stereocenters. The Morgan fingerprint density at radius 1 is 0.935 bits per heavy atom. The second-order valence-electron chi connectivity index (χ2n) is 8.05. The lowest BCUT2D eigenvalue weighted by molar-refractivity contribution is -0.142. The second kappa shape index (κ2) is 10.1. The van der Waals surface area contributed by atoms with Crippen LogP contribution in [0.2, 0.25) is 0 Å². The van der Waals surface area contributed by atoms with Crippen LogP contribution in [0.15, 0.2) is 66.7 Å². The van der Waals surface area contributed by atoms with Crippen molar-refractivity contribution >= 4 is 22.6 Å². The van der Waals surface area contributed by atoms with Crippen molar-refractivity contribution in [2.45, 2.75) is 46.3 Å². The van der Waals surface area contributed by atoms with E-state index in [4.69, 9.17) is 4.74 Å². The van der Waals surface area contributed by atoms with E-state index in [1.807, 2.05) is 87.5 Å². The Bertz CT molecular complexity index is 1060. The number of amides is 2. The maximum atomic E-state index is 13.2. The van der Waals surface area contributed by atoms with Crippen molar-refractivity contribution in [1.29, 1.82) is 0 Å². The van der Waals surface area contributed by atoms with E-state index < -0.39 is 6.04 Å². The van der Waals surface area contributed by atoms with Gasteiger partial charge in [0.1, 0.15) is 11.8 Å². The van der Waals surface area contributed by atoms with E-state index in [2.05, 4.69) is 5.32 Å². The summed E-state index contributed by atoms with van der Waals surface area (Å²) in [4.78, 5) is 27.5. The van der Waals surface area contributed by atoms with Gasteiger partial charge in [-0.25, -0.2) is 0 Å². The monoisotopic (exact) mass is 418 g/mol. The minimum atomic E-state index is -0.620. The van der Waals surface area contributed by atoms with Gasteiger partial charge < -0.3 is 15.0 Å². The van der Waals surface area contributed by atoms with Crippen LogP contribution < -0.4 is 10.1 Å². The minimum absolute atomic E-state index is 0.00250. The summed E-state index contributed by atoms with van der Waals surface area (Å²) in [5, 5.41) is 4.91. The molecular formula is C26H30N2O3. The molecule has 3 rings (SSSR count). The summed E-state index contributed by atoms with van der Waals surface area (Å²) in [6.45, 7) is 7.77. The van der Waals surface area contributed by atoms with Crippen LogP contribution >= 0.6 is 0 Å². The highest BCUT2D eigenvalue weighted by molar-refractivity contribution is 5.90. The molecule has 0 fully saturated rings. The van der Waals surface area contributed by atoms with Crippen molar-refractivity contribution in [3.8, 4) is 5.75 Å². The molecule has 0 bridgehead atoms. The number of rotatable bonds is 8. The van der Waals surface area contributed by atoms with Gasteiger partial charge in [-0.15, -0.1) is 0 Å². The predicted octanol–water partition coefficient (Wildman–Crippen LogP) is 4.47. The largest absolute Gasteiger partial charge is 0.483 e. The molecule has 0 heterocycles. The molecule has 3 aromatic rings. The Hall–Kier alpha value is -3.34. The normalized spacial score (nSPS) is 11.9. The number of carbonyl (C=O) groups is 2. The van der Waals surface area contributed by atoms with Crippen molar-refractivity contribution in [2.75, 3.05) is 6.61 Å². The van der Waals surface area contributed by atoms with Gasteiger partial charge in [0, 0.05) is 18.0 Å². The highest BCUT2D eigenvalue weighted by Crippen LogP contribution is 2.25. The zero-order chi connectivity index (χ0) is 22.4. The second-order valence-corrected chi connectivity index (χ2v) is 8.05. The van der Waals surface area contributed by atoms with Gasteiger partial charge in [-0.1, -0.05) is 60.7 Å². The molecule has 0 aliphatic carbocycles. The lowest BCUT2D eigenvalue weighted by Gasteiger charge is -2.30. The quantitative estimate of drug-likeness (QED) is 0.587. The van der Waals surface area contributed by atoms with Gasteiger partial charge in [-0.05, 0) is 50.3 Å². The van der Waals surface area contributed by atoms with E-state index >= 15 is 0 Å². The van der Waals surface area contributed by atoms with Gasteiger partial charge >= 0.3 is 0 Å². The number of ether oxygens (including phenoxy) is 1. The van der Waals surface area contributed by atoms with E-state index in [0.29, 0.717) is 12.3 Å². The van der Waals surface area contributed by atoms with Crippen molar-refractivity contribution < 1.29 is 14.3 Å². The lowest BCUT2D eigenvalue weighted by Crippen LogP contribution is -2.50. The van der Waals surface area contributed by atoms with Gasteiger partial charge in [-0.2, -0.15) is 0 Å². The zero-order valence-corrected chi connectivity index (χ0v) is 18.6. The Morgan fingerprint density at radius 2 is 1.61 bits per heavy atom. The van der Waals surface area contributed by atoms with Crippen LogP contribution in [0.1, 0.15) is 31.9 Å². The number of nitrogens with zero attached hydrogens (tertiary/aromatic N) is 1. The fourth-order valence-electron chi connectivity index (χ4n) is 3.50. The number of carbonyl (C=O) groups excluding carboxylic acids is 2. The van der Waals surface area contributed by atoms with E-state index in [9.17, 15) is 9.59 Å². The maximum absolute atomic E-state index is 13.2. The number of hydrogen-bond donors (Lipinski definition) is 1. The summed E-state index contributed by atoms with van der Waals surface area (Å²) >= 11 is 0. The fraction of sp³-hybridized carbons (Fsp3) is 0.308. The van der Waals surface area contributed by atoms with Crippen molar-refractivity contribution in [1.82, 2.24) is 10.2 Å². The molecule has 0 saturated carbocycles. The Kier molecular flexibility index (Phi) is 7.29. The van der Waals surface area contributed by atoms with Crippen LogP contribution in [0, 0.1) is 6.92 Å². The third-order valence-electron chi connectivity index (χ3n) is 5.30. The predicted molar refractivity (Wildman–Crippen MR) is 124 cm³/mol. The smallest absolute Gasteiger partial charge is 0.261 e. The average molecular weight is 419 g/mol. The lowest BCUT2D eigenvalue weighted by atomic mass is 10.1. The van der Waals surface area contributed by atoms with Gasteiger partial charge in [0.05, 0.1) is 0 Å². The highest BCUT2D eigenvalue weighted by atomic mass is 16.5. The molecule has 0 spiro atoms. The molecule has 31 heavy (non-hydrogen) atoms. The first-order valence-corrected chi connectivity index (χ1v) is 10.6. The summed E-state index contributed by atoms with van der Waals surface area (Å²) in [7, 11) is 0. The van der Waals surface area contributed by atoms with E-state index in [-0.39, 0.29) is 24.5 Å². The SMILES string of the molecule is Cc1ccccc1CN(C(=O)COc1cccc2ccccc12)C(C)C(=O)NC(C)C. The molecule has 5 heteroatoms. The summed E-state index contributed by atoms with van der Waals surface area (Å²) in [6, 6.07) is 20.9. The van der Waals surface area contributed by atoms with E-state index in [1.54, 1.807) is 11.8 Å². The number of aryl methyl sites for hydroxylation is 1. The van der Waals surface area contributed by atoms with Crippen LogP contribution in [-0.4, -0.2) is 35.4 Å². The third-order valence-corrected chi connectivity index (χ3v) is 5.30. The molecule has 0 aliphatic rings. The zero-order valence-electron chi connectivity index (χ0n) is 18.6. The molecule has 0 aliphatic heterocycles. The maximum Gasteiger partial charge on any atom is 0.261 e. The number of nitrogens with one attached hydrogen (secondary N) is 1. The third kappa shape index (κ3) is 5.63. The molecule has 1 N–H and O–H groups in total. The first-order chi connectivity index (χ1) is 14.9. The van der Waals surface area contributed by atoms with Crippen LogP contribution in [0.5, 0.6) is 5.75 Å². The Balaban J connectivity index is 1.81.